The van der Waals surface area contributed by atoms with E-state index in [0.29, 0.717) is 5.76 Å². The van der Waals surface area contributed by atoms with Gasteiger partial charge in [-0.3, -0.25) is 4.79 Å². The number of hydrogen-bond acceptors (Lipinski definition) is 5. The molecule has 3 N–H and O–H groups in total. The molecule has 0 spiro atoms. The van der Waals surface area contributed by atoms with E-state index in [0.717, 1.165) is 4.47 Å². The molecule has 2 aromatic rings. The van der Waals surface area contributed by atoms with Crippen molar-refractivity contribution < 1.29 is 17.6 Å². The summed E-state index contributed by atoms with van der Waals surface area (Å²) in [6, 6.07) is 10.9. The Morgan fingerprint density at radius 2 is 1.96 bits per heavy atom. The molecule has 24 heavy (non-hydrogen) atoms. The molecule has 1 heterocycles. The summed E-state index contributed by atoms with van der Waals surface area (Å²) in [6.07, 6.45) is 1.19. The van der Waals surface area contributed by atoms with Crippen molar-refractivity contribution in [3.05, 3.63) is 58.0 Å². The van der Waals surface area contributed by atoms with Crippen LogP contribution in [0.15, 0.2) is 55.8 Å². The molecule has 0 fully saturated rings. The van der Waals surface area contributed by atoms with Crippen molar-refractivity contribution in [2.24, 2.45) is 5.73 Å². The fourth-order valence-corrected chi connectivity index (χ4v) is 2.99. The Bertz CT molecular complexity index is 924. The smallest absolute Gasteiger partial charge is 0.259 e. The van der Waals surface area contributed by atoms with Crippen LogP contribution in [0, 0.1) is 11.3 Å². The topological polar surface area (TPSA) is 126 Å². The van der Waals surface area contributed by atoms with Gasteiger partial charge in [0.15, 0.2) is 0 Å². The third-order valence-corrected chi connectivity index (χ3v) is 4.86. The molecule has 124 valence electrons. The number of nitrogens with zero attached hydrogens (tertiary/aromatic N) is 1. The lowest BCUT2D eigenvalue weighted by Gasteiger charge is -2.05. The van der Waals surface area contributed by atoms with Crippen LogP contribution >= 0.6 is 15.9 Å². The molecule has 0 saturated heterocycles. The third kappa shape index (κ3) is 4.55. The first-order valence-electron chi connectivity index (χ1n) is 6.57. The van der Waals surface area contributed by atoms with E-state index < -0.39 is 15.9 Å². The van der Waals surface area contributed by atoms with Gasteiger partial charge in [-0.05, 0) is 36.4 Å². The van der Waals surface area contributed by atoms with E-state index in [9.17, 15) is 13.2 Å². The van der Waals surface area contributed by atoms with E-state index in [1.165, 1.54) is 30.3 Å². The largest absolute Gasteiger partial charge is 0.460 e. The minimum atomic E-state index is -3.68. The number of nitrogens with two attached hydrogens (primary N) is 1. The highest BCUT2D eigenvalue weighted by Gasteiger charge is 2.14. The van der Waals surface area contributed by atoms with Crippen molar-refractivity contribution in [1.29, 1.82) is 5.26 Å². The van der Waals surface area contributed by atoms with Crippen molar-refractivity contribution in [1.82, 2.24) is 4.72 Å². The van der Waals surface area contributed by atoms with E-state index in [1.807, 2.05) is 0 Å². The summed E-state index contributed by atoms with van der Waals surface area (Å²) in [5.74, 6) is -0.321. The summed E-state index contributed by atoms with van der Waals surface area (Å²) >= 11 is 3.23. The molecule has 0 aliphatic rings. The second-order valence-electron chi connectivity index (χ2n) is 4.62. The predicted molar refractivity (Wildman–Crippen MR) is 89.7 cm³/mol. The number of benzene rings is 1. The van der Waals surface area contributed by atoms with E-state index >= 15 is 0 Å². The fraction of sp³-hybridized carbons (Fsp3) is 0.0667. The quantitative estimate of drug-likeness (QED) is 0.556. The minimum absolute atomic E-state index is 0.0787. The van der Waals surface area contributed by atoms with Crippen molar-refractivity contribution in [3.8, 4) is 6.07 Å². The van der Waals surface area contributed by atoms with Gasteiger partial charge in [-0.25, -0.2) is 13.1 Å². The Balaban J connectivity index is 2.09. The number of primary amides is 1. The van der Waals surface area contributed by atoms with Crippen LogP contribution in [-0.4, -0.2) is 14.3 Å². The average molecular weight is 410 g/mol. The van der Waals surface area contributed by atoms with Gasteiger partial charge in [0.05, 0.1) is 11.4 Å². The van der Waals surface area contributed by atoms with E-state index in [1.54, 1.807) is 18.2 Å². The number of nitrogens with one attached hydrogen (secondary N) is 1. The first kappa shape index (κ1) is 17.9. The van der Waals surface area contributed by atoms with Crippen LogP contribution in [0.3, 0.4) is 0 Å². The van der Waals surface area contributed by atoms with Gasteiger partial charge in [-0.1, -0.05) is 15.9 Å². The SMILES string of the molecule is N#C/C(=C/c1ccc(CNS(=O)(=O)c2ccc(Br)cc2)o1)C(N)=O. The molecule has 9 heteroatoms. The molecule has 0 aliphatic heterocycles. The number of carbonyl (C=O) groups is 1. The second kappa shape index (κ2) is 7.44. The maximum Gasteiger partial charge on any atom is 0.259 e. The minimum Gasteiger partial charge on any atom is -0.460 e. The van der Waals surface area contributed by atoms with Gasteiger partial charge in [-0.2, -0.15) is 5.26 Å². The van der Waals surface area contributed by atoms with Crippen molar-refractivity contribution in [2.75, 3.05) is 0 Å². The molecule has 2 rings (SSSR count). The van der Waals surface area contributed by atoms with Crippen LogP contribution in [0.5, 0.6) is 0 Å². The number of sulfonamides is 1. The normalized spacial score (nSPS) is 11.9. The third-order valence-electron chi connectivity index (χ3n) is 2.92. The number of rotatable bonds is 6. The number of halogens is 1. The molecule has 0 atom stereocenters. The van der Waals surface area contributed by atoms with Gasteiger partial charge in [0, 0.05) is 10.5 Å². The zero-order valence-corrected chi connectivity index (χ0v) is 14.6. The highest BCUT2D eigenvalue weighted by molar-refractivity contribution is 9.10. The summed E-state index contributed by atoms with van der Waals surface area (Å²) in [6.45, 7) is -0.0787. The Morgan fingerprint density at radius 1 is 1.29 bits per heavy atom. The van der Waals surface area contributed by atoms with Gasteiger partial charge in [0.25, 0.3) is 5.91 Å². The number of carbonyl (C=O) groups excluding carboxylic acids is 1. The van der Waals surface area contributed by atoms with Crippen LogP contribution in [0.4, 0.5) is 0 Å². The Kier molecular flexibility index (Phi) is 5.56. The Labute approximate surface area is 146 Å². The maximum atomic E-state index is 12.2. The van der Waals surface area contributed by atoms with Gasteiger partial charge in [0.1, 0.15) is 23.2 Å². The Hall–Kier alpha value is -2.41. The molecule has 0 saturated carbocycles. The molecule has 7 nitrogen and oxygen atoms in total. The predicted octanol–water partition coefficient (Wildman–Crippen LogP) is 1.91. The molecule has 1 aromatic heterocycles. The first-order chi connectivity index (χ1) is 11.3. The first-order valence-corrected chi connectivity index (χ1v) is 8.85. The molecular formula is C15H12BrN3O4S. The van der Waals surface area contributed by atoms with E-state index in [2.05, 4.69) is 20.7 Å². The van der Waals surface area contributed by atoms with Gasteiger partial charge < -0.3 is 10.2 Å². The van der Waals surface area contributed by atoms with Gasteiger partial charge in [-0.15, -0.1) is 0 Å². The van der Waals surface area contributed by atoms with Crippen LogP contribution in [0.2, 0.25) is 0 Å². The van der Waals surface area contributed by atoms with Crippen LogP contribution in [0.25, 0.3) is 6.08 Å². The standard InChI is InChI=1S/C15H12BrN3O4S/c16-11-1-5-14(6-2-11)24(21,22)19-9-13-4-3-12(23-13)7-10(8-17)15(18)20/h1-7,19H,9H2,(H2,18,20)/b10-7-. The fourth-order valence-electron chi connectivity index (χ4n) is 1.73. The molecular weight excluding hydrogens is 398 g/mol. The van der Waals surface area contributed by atoms with Gasteiger partial charge in [0.2, 0.25) is 10.0 Å². The lowest BCUT2D eigenvalue weighted by atomic mass is 10.2. The zero-order valence-electron chi connectivity index (χ0n) is 12.2. The summed E-state index contributed by atoms with van der Waals surface area (Å²) in [5, 5.41) is 8.76. The lowest BCUT2D eigenvalue weighted by molar-refractivity contribution is -0.114. The number of furan rings is 1. The summed E-state index contributed by atoms with van der Waals surface area (Å²) < 4.78 is 32.8. The second-order valence-corrected chi connectivity index (χ2v) is 7.30. The number of nitriles is 1. The molecule has 0 radical (unpaired) electrons. The average Bonchev–Trinajstić information content (AvgIpc) is 2.98. The Morgan fingerprint density at radius 3 is 2.54 bits per heavy atom. The van der Waals surface area contributed by atoms with Crippen molar-refractivity contribution >= 4 is 37.9 Å². The van der Waals surface area contributed by atoms with Crippen molar-refractivity contribution in [3.63, 3.8) is 0 Å². The number of hydrogen-bond donors (Lipinski definition) is 2. The molecule has 1 aromatic carbocycles. The zero-order chi connectivity index (χ0) is 17.7. The van der Waals surface area contributed by atoms with Gasteiger partial charge >= 0.3 is 0 Å². The monoisotopic (exact) mass is 409 g/mol. The molecule has 0 bridgehead atoms. The van der Waals surface area contributed by atoms with Crippen LogP contribution < -0.4 is 10.5 Å². The highest BCUT2D eigenvalue weighted by atomic mass is 79.9. The number of amides is 1. The molecule has 0 aliphatic carbocycles. The van der Waals surface area contributed by atoms with Crippen molar-refractivity contribution in [2.45, 2.75) is 11.4 Å². The summed E-state index contributed by atoms with van der Waals surface area (Å²) in [5.41, 5.74) is 4.77. The lowest BCUT2D eigenvalue weighted by Crippen LogP contribution is -2.22. The van der Waals surface area contributed by atoms with Crippen LogP contribution in [-0.2, 0) is 21.4 Å². The molecule has 1 amide bonds. The van der Waals surface area contributed by atoms with Crippen LogP contribution in [0.1, 0.15) is 11.5 Å². The maximum absolute atomic E-state index is 12.2. The van der Waals surface area contributed by atoms with E-state index in [4.69, 9.17) is 15.4 Å². The molecule has 0 unspecified atom stereocenters. The summed E-state index contributed by atoms with van der Waals surface area (Å²) in [4.78, 5) is 11.1. The highest BCUT2D eigenvalue weighted by Crippen LogP contribution is 2.16. The van der Waals surface area contributed by atoms with E-state index in [-0.39, 0.29) is 22.8 Å². The summed E-state index contributed by atoms with van der Waals surface area (Å²) in [7, 11) is -3.68.